The fourth-order valence-corrected chi connectivity index (χ4v) is 2.01. The first-order valence-electron chi connectivity index (χ1n) is 5.88. The molecule has 0 atom stereocenters. The minimum Gasteiger partial charge on any atom is -0.455 e. The maximum atomic E-state index is 13.2. The van der Waals surface area contributed by atoms with Gasteiger partial charge in [0.25, 0.3) is 0 Å². The molecular formula is C15H15ClFNO. The van der Waals surface area contributed by atoms with Crippen molar-refractivity contribution in [1.82, 2.24) is 0 Å². The van der Waals surface area contributed by atoms with Gasteiger partial charge in [-0.3, -0.25) is 0 Å². The topological polar surface area (TPSA) is 35.2 Å². The van der Waals surface area contributed by atoms with E-state index in [0.717, 1.165) is 22.8 Å². The Kier molecular flexibility index (Phi) is 3.67. The molecule has 0 unspecified atom stereocenters. The van der Waals surface area contributed by atoms with E-state index in [1.54, 1.807) is 0 Å². The van der Waals surface area contributed by atoms with Crippen LogP contribution in [0, 0.1) is 26.6 Å². The zero-order valence-corrected chi connectivity index (χ0v) is 11.8. The third kappa shape index (κ3) is 2.82. The predicted octanol–water partition coefficient (Wildman–Crippen LogP) is 4.78. The van der Waals surface area contributed by atoms with Gasteiger partial charge >= 0.3 is 0 Å². The van der Waals surface area contributed by atoms with Gasteiger partial charge in [-0.25, -0.2) is 4.39 Å². The molecule has 2 rings (SSSR count). The van der Waals surface area contributed by atoms with Crippen LogP contribution in [-0.2, 0) is 0 Å². The highest BCUT2D eigenvalue weighted by molar-refractivity contribution is 6.31. The number of hydrogen-bond acceptors (Lipinski definition) is 2. The molecule has 0 fully saturated rings. The molecule has 0 aliphatic rings. The van der Waals surface area contributed by atoms with Crippen LogP contribution in [0.1, 0.15) is 16.7 Å². The molecule has 0 aliphatic heterocycles. The van der Waals surface area contributed by atoms with Crippen molar-refractivity contribution >= 4 is 17.3 Å². The van der Waals surface area contributed by atoms with Gasteiger partial charge in [0.15, 0.2) is 5.75 Å². The Hall–Kier alpha value is -1.74. The zero-order chi connectivity index (χ0) is 14.2. The van der Waals surface area contributed by atoms with Crippen molar-refractivity contribution in [1.29, 1.82) is 0 Å². The lowest BCUT2D eigenvalue weighted by atomic mass is 10.1. The van der Waals surface area contributed by atoms with E-state index < -0.39 is 5.82 Å². The number of benzene rings is 2. The second kappa shape index (κ2) is 5.10. The average molecular weight is 280 g/mol. The highest BCUT2D eigenvalue weighted by Crippen LogP contribution is 2.34. The van der Waals surface area contributed by atoms with Crippen molar-refractivity contribution < 1.29 is 9.13 Å². The summed E-state index contributed by atoms with van der Waals surface area (Å²) in [6, 6.07) is 6.54. The van der Waals surface area contributed by atoms with Crippen LogP contribution in [0.3, 0.4) is 0 Å². The summed E-state index contributed by atoms with van der Waals surface area (Å²) < 4.78 is 19.0. The van der Waals surface area contributed by atoms with Crippen molar-refractivity contribution in [3.05, 3.63) is 51.8 Å². The Morgan fingerprint density at radius 2 is 1.74 bits per heavy atom. The van der Waals surface area contributed by atoms with Gasteiger partial charge in [-0.05, 0) is 43.5 Å². The highest BCUT2D eigenvalue weighted by atomic mass is 35.5. The molecule has 2 aromatic rings. The number of aryl methyl sites for hydroxylation is 2. The van der Waals surface area contributed by atoms with Gasteiger partial charge < -0.3 is 10.5 Å². The van der Waals surface area contributed by atoms with Gasteiger partial charge in [-0.15, -0.1) is 0 Å². The van der Waals surface area contributed by atoms with Crippen LogP contribution < -0.4 is 10.5 Å². The largest absolute Gasteiger partial charge is 0.455 e. The Morgan fingerprint density at radius 3 is 2.42 bits per heavy atom. The van der Waals surface area contributed by atoms with E-state index in [-0.39, 0.29) is 10.7 Å². The lowest BCUT2D eigenvalue weighted by Gasteiger charge is -2.14. The maximum absolute atomic E-state index is 13.2. The normalized spacial score (nSPS) is 10.6. The van der Waals surface area contributed by atoms with E-state index in [2.05, 4.69) is 6.07 Å². The summed E-state index contributed by atoms with van der Waals surface area (Å²) in [5.74, 6) is 0.509. The molecule has 0 saturated heterocycles. The molecule has 2 nitrogen and oxygen atoms in total. The summed E-state index contributed by atoms with van der Waals surface area (Å²) in [7, 11) is 0. The molecule has 0 aliphatic carbocycles. The summed E-state index contributed by atoms with van der Waals surface area (Å²) in [6.45, 7) is 5.96. The Labute approximate surface area is 117 Å². The van der Waals surface area contributed by atoms with Crippen LogP contribution in [0.4, 0.5) is 10.1 Å². The summed E-state index contributed by atoms with van der Waals surface area (Å²) in [4.78, 5) is 0. The van der Waals surface area contributed by atoms with Gasteiger partial charge in [0, 0.05) is 12.1 Å². The van der Waals surface area contributed by atoms with Crippen molar-refractivity contribution in [3.63, 3.8) is 0 Å². The zero-order valence-electron chi connectivity index (χ0n) is 11.1. The molecule has 19 heavy (non-hydrogen) atoms. The molecule has 0 bridgehead atoms. The van der Waals surface area contributed by atoms with Gasteiger partial charge in [0.2, 0.25) is 0 Å². The van der Waals surface area contributed by atoms with E-state index in [1.165, 1.54) is 6.07 Å². The number of nitrogen functional groups attached to an aromatic ring is 1. The third-order valence-electron chi connectivity index (χ3n) is 3.04. The molecule has 0 aromatic heterocycles. The predicted molar refractivity (Wildman–Crippen MR) is 76.5 cm³/mol. The SMILES string of the molecule is Cc1cc(C)c(C)c(Oc2cc(Cl)c(F)cc2N)c1. The molecule has 0 saturated carbocycles. The number of anilines is 1. The van der Waals surface area contributed by atoms with Crippen LogP contribution in [-0.4, -0.2) is 0 Å². The van der Waals surface area contributed by atoms with E-state index in [1.807, 2.05) is 26.8 Å². The highest BCUT2D eigenvalue weighted by Gasteiger charge is 2.11. The number of ether oxygens (including phenoxy) is 1. The Morgan fingerprint density at radius 1 is 1.05 bits per heavy atom. The minimum absolute atomic E-state index is 0.00812. The molecule has 0 radical (unpaired) electrons. The molecule has 2 N–H and O–H groups in total. The number of nitrogens with two attached hydrogens (primary N) is 1. The third-order valence-corrected chi connectivity index (χ3v) is 3.33. The smallest absolute Gasteiger partial charge is 0.152 e. The first-order chi connectivity index (χ1) is 8.88. The van der Waals surface area contributed by atoms with E-state index in [0.29, 0.717) is 11.5 Å². The van der Waals surface area contributed by atoms with Crippen molar-refractivity contribution in [2.24, 2.45) is 0 Å². The van der Waals surface area contributed by atoms with Gasteiger partial charge in [-0.2, -0.15) is 0 Å². The molecule has 100 valence electrons. The van der Waals surface area contributed by atoms with Gasteiger partial charge in [-0.1, -0.05) is 17.7 Å². The van der Waals surface area contributed by atoms with Crippen molar-refractivity contribution in [2.45, 2.75) is 20.8 Å². The Balaban J connectivity index is 2.44. The van der Waals surface area contributed by atoms with Crippen LogP contribution in [0.5, 0.6) is 11.5 Å². The molecule has 4 heteroatoms. The lowest BCUT2D eigenvalue weighted by Crippen LogP contribution is -1.96. The summed E-state index contributed by atoms with van der Waals surface area (Å²) in [6.07, 6.45) is 0. The molecule has 0 amide bonds. The first kappa shape index (κ1) is 13.7. The van der Waals surface area contributed by atoms with Crippen LogP contribution in [0.2, 0.25) is 5.02 Å². The molecule has 2 aromatic carbocycles. The van der Waals surface area contributed by atoms with Crippen LogP contribution in [0.25, 0.3) is 0 Å². The summed E-state index contributed by atoms with van der Waals surface area (Å²) >= 11 is 5.74. The van der Waals surface area contributed by atoms with E-state index in [4.69, 9.17) is 22.1 Å². The molecule has 0 heterocycles. The minimum atomic E-state index is -0.552. The quantitative estimate of drug-likeness (QED) is 0.803. The van der Waals surface area contributed by atoms with Gasteiger partial charge in [0.1, 0.15) is 11.6 Å². The maximum Gasteiger partial charge on any atom is 0.152 e. The fraction of sp³-hybridized carbons (Fsp3) is 0.200. The van der Waals surface area contributed by atoms with Crippen LogP contribution in [0.15, 0.2) is 24.3 Å². The molecular weight excluding hydrogens is 265 g/mol. The summed E-state index contributed by atoms with van der Waals surface area (Å²) in [5.41, 5.74) is 9.20. The number of hydrogen-bond donors (Lipinski definition) is 1. The second-order valence-electron chi connectivity index (χ2n) is 4.61. The number of rotatable bonds is 2. The van der Waals surface area contributed by atoms with E-state index >= 15 is 0 Å². The molecule has 0 spiro atoms. The summed E-state index contributed by atoms with van der Waals surface area (Å²) in [5, 5.41) is -0.00812. The fourth-order valence-electron chi connectivity index (χ4n) is 1.86. The van der Waals surface area contributed by atoms with Crippen LogP contribution >= 0.6 is 11.6 Å². The standard InChI is InChI=1S/C15H15ClFNO/c1-8-4-9(2)10(3)14(5-8)19-15-6-11(16)12(17)7-13(15)18/h4-7H,18H2,1-3H3. The Bertz CT molecular complexity index is 641. The monoisotopic (exact) mass is 279 g/mol. The van der Waals surface area contributed by atoms with Crippen molar-refractivity contribution in [2.75, 3.05) is 5.73 Å². The van der Waals surface area contributed by atoms with Gasteiger partial charge in [0.05, 0.1) is 10.7 Å². The average Bonchev–Trinajstić information content (AvgIpc) is 2.32. The van der Waals surface area contributed by atoms with E-state index in [9.17, 15) is 4.39 Å². The lowest BCUT2D eigenvalue weighted by molar-refractivity contribution is 0.478. The first-order valence-corrected chi connectivity index (χ1v) is 6.26. The number of halogens is 2. The van der Waals surface area contributed by atoms with Crippen molar-refractivity contribution in [3.8, 4) is 11.5 Å². The second-order valence-corrected chi connectivity index (χ2v) is 5.02.